The van der Waals surface area contributed by atoms with Crippen LogP contribution in [0, 0.1) is 0 Å². The Morgan fingerprint density at radius 3 is 2.96 bits per heavy atom. The second kappa shape index (κ2) is 7.23. The van der Waals surface area contributed by atoms with Crippen molar-refractivity contribution in [3.63, 3.8) is 0 Å². The van der Waals surface area contributed by atoms with Gasteiger partial charge in [0.15, 0.2) is 11.0 Å². The third-order valence-corrected chi connectivity index (χ3v) is 4.73. The summed E-state index contributed by atoms with van der Waals surface area (Å²) in [6, 6.07) is 7.66. The Hall–Kier alpha value is -1.73. The van der Waals surface area contributed by atoms with Crippen LogP contribution in [0.5, 0.6) is 5.75 Å². The van der Waals surface area contributed by atoms with Gasteiger partial charge in [-0.05, 0) is 25.0 Å². The first-order valence-corrected chi connectivity index (χ1v) is 8.67. The van der Waals surface area contributed by atoms with Crippen molar-refractivity contribution in [3.05, 3.63) is 35.1 Å². The molecule has 23 heavy (non-hydrogen) atoms. The molecule has 0 radical (unpaired) electrons. The van der Waals surface area contributed by atoms with Gasteiger partial charge < -0.3 is 14.6 Å². The predicted molar refractivity (Wildman–Crippen MR) is 88.7 cm³/mol. The Balaban J connectivity index is 1.54. The molecule has 1 aromatic carbocycles. The molecule has 2 aromatic rings. The van der Waals surface area contributed by atoms with Crippen LogP contribution in [-0.4, -0.2) is 32.5 Å². The van der Waals surface area contributed by atoms with E-state index in [4.69, 9.17) is 16.3 Å². The van der Waals surface area contributed by atoms with Crippen LogP contribution in [0.25, 0.3) is 0 Å². The number of para-hydroxylation sites is 1. The Morgan fingerprint density at radius 2 is 2.22 bits per heavy atom. The molecule has 3 rings (SSSR count). The molecule has 0 saturated heterocycles. The lowest BCUT2D eigenvalue weighted by Crippen LogP contribution is -2.27. The maximum atomic E-state index is 11.7. The number of carbonyl (C=O) groups excluding carboxylic acids is 1. The maximum absolute atomic E-state index is 11.7. The summed E-state index contributed by atoms with van der Waals surface area (Å²) in [6.07, 6.45) is 2.17. The van der Waals surface area contributed by atoms with Crippen LogP contribution in [-0.2, 0) is 18.4 Å². The van der Waals surface area contributed by atoms with Crippen LogP contribution < -0.4 is 10.1 Å². The number of ether oxygens (including phenoxy) is 1. The molecule has 0 unspecified atom stereocenters. The molecule has 1 heterocycles. The molecule has 1 fully saturated rings. The van der Waals surface area contributed by atoms with Crippen LogP contribution in [0.1, 0.15) is 18.7 Å². The van der Waals surface area contributed by atoms with Gasteiger partial charge in [-0.2, -0.15) is 0 Å². The number of hydrogen-bond acceptors (Lipinski definition) is 5. The summed E-state index contributed by atoms with van der Waals surface area (Å²) in [5, 5.41) is 12.4. The summed E-state index contributed by atoms with van der Waals surface area (Å²) in [6.45, 7) is 0.266. The fourth-order valence-electron chi connectivity index (χ4n) is 1.93. The number of rotatable bonds is 7. The lowest BCUT2D eigenvalue weighted by molar-refractivity contribution is -0.118. The molecule has 8 heteroatoms. The summed E-state index contributed by atoms with van der Waals surface area (Å²) in [4.78, 5) is 11.7. The Labute approximate surface area is 143 Å². The molecule has 1 amide bonds. The minimum absolute atomic E-state index is 0.0365. The highest BCUT2D eigenvalue weighted by Gasteiger charge is 2.23. The second-order valence-electron chi connectivity index (χ2n) is 5.31. The van der Waals surface area contributed by atoms with Gasteiger partial charge in [0.25, 0.3) is 0 Å². The van der Waals surface area contributed by atoms with E-state index in [2.05, 4.69) is 15.5 Å². The van der Waals surface area contributed by atoms with Gasteiger partial charge in [0.1, 0.15) is 12.4 Å². The van der Waals surface area contributed by atoms with Crippen LogP contribution in [0.2, 0.25) is 5.02 Å². The lowest BCUT2D eigenvalue weighted by Gasteiger charge is -2.07. The van der Waals surface area contributed by atoms with E-state index in [-0.39, 0.29) is 12.5 Å². The number of nitrogens with zero attached hydrogens (tertiary/aromatic N) is 3. The van der Waals surface area contributed by atoms with Crippen molar-refractivity contribution in [3.8, 4) is 5.75 Å². The first kappa shape index (κ1) is 16.1. The molecule has 0 atom stereocenters. The molecule has 1 aliphatic rings. The number of amides is 1. The fourth-order valence-corrected chi connectivity index (χ4v) is 2.86. The quantitative estimate of drug-likeness (QED) is 0.775. The first-order chi connectivity index (χ1) is 11.1. The minimum atomic E-state index is 0.0365. The van der Waals surface area contributed by atoms with Gasteiger partial charge in [-0.15, -0.1) is 10.2 Å². The van der Waals surface area contributed by atoms with Crippen LogP contribution in [0.3, 0.4) is 0 Å². The SMILES string of the molecule is Cn1c(COc2ccccc2Cl)nnc1SCC(=O)NC1CC1. The standard InChI is InChI=1S/C15H17ClN4O2S/c1-20-13(8-22-12-5-3-2-4-11(12)16)18-19-15(20)23-9-14(21)17-10-6-7-10/h2-5,10H,6-9H2,1H3,(H,17,21). The zero-order chi connectivity index (χ0) is 16.2. The van der Waals surface area contributed by atoms with Crippen molar-refractivity contribution in [1.82, 2.24) is 20.1 Å². The van der Waals surface area contributed by atoms with Gasteiger partial charge >= 0.3 is 0 Å². The Morgan fingerprint density at radius 1 is 1.43 bits per heavy atom. The Kier molecular flexibility index (Phi) is 5.07. The highest BCUT2D eigenvalue weighted by Crippen LogP contribution is 2.24. The zero-order valence-corrected chi connectivity index (χ0v) is 14.2. The molecule has 1 aromatic heterocycles. The number of hydrogen-bond donors (Lipinski definition) is 1. The third-order valence-electron chi connectivity index (χ3n) is 3.39. The number of carbonyl (C=O) groups is 1. The number of nitrogens with one attached hydrogen (secondary N) is 1. The van der Waals surface area contributed by atoms with Crippen LogP contribution >= 0.6 is 23.4 Å². The van der Waals surface area contributed by atoms with E-state index in [9.17, 15) is 4.79 Å². The highest BCUT2D eigenvalue weighted by molar-refractivity contribution is 7.99. The summed E-state index contributed by atoms with van der Waals surface area (Å²) < 4.78 is 7.48. The van der Waals surface area contributed by atoms with Gasteiger partial charge in [-0.25, -0.2) is 0 Å². The number of thioether (sulfide) groups is 1. The predicted octanol–water partition coefficient (Wildman–Crippen LogP) is 2.42. The molecule has 1 aliphatic carbocycles. The monoisotopic (exact) mass is 352 g/mol. The van der Waals surface area contributed by atoms with E-state index in [1.165, 1.54) is 11.8 Å². The first-order valence-electron chi connectivity index (χ1n) is 7.31. The molecule has 6 nitrogen and oxygen atoms in total. The summed E-state index contributed by atoms with van der Waals surface area (Å²) in [5.74, 6) is 1.66. The molecule has 0 aliphatic heterocycles. The molecule has 0 spiro atoms. The molecular formula is C15H17ClN4O2S. The molecular weight excluding hydrogens is 336 g/mol. The van der Waals surface area contributed by atoms with E-state index in [0.717, 1.165) is 12.8 Å². The lowest BCUT2D eigenvalue weighted by atomic mass is 10.3. The average molecular weight is 353 g/mol. The smallest absolute Gasteiger partial charge is 0.230 e. The average Bonchev–Trinajstić information content (AvgIpc) is 3.28. The van der Waals surface area contributed by atoms with E-state index < -0.39 is 0 Å². The molecule has 1 N–H and O–H groups in total. The van der Waals surface area contributed by atoms with Gasteiger partial charge in [-0.1, -0.05) is 35.5 Å². The van der Waals surface area contributed by atoms with E-state index in [0.29, 0.717) is 33.5 Å². The summed E-state index contributed by atoms with van der Waals surface area (Å²) >= 11 is 7.42. The van der Waals surface area contributed by atoms with Crippen molar-refractivity contribution in [2.24, 2.45) is 7.05 Å². The van der Waals surface area contributed by atoms with Gasteiger partial charge in [0, 0.05) is 13.1 Å². The molecule has 0 bridgehead atoms. The van der Waals surface area contributed by atoms with Gasteiger partial charge in [-0.3, -0.25) is 4.79 Å². The fraction of sp³-hybridized carbons (Fsp3) is 0.400. The summed E-state index contributed by atoms with van der Waals surface area (Å²) in [7, 11) is 1.85. The highest BCUT2D eigenvalue weighted by atomic mass is 35.5. The van der Waals surface area contributed by atoms with Crippen molar-refractivity contribution >= 4 is 29.3 Å². The van der Waals surface area contributed by atoms with E-state index >= 15 is 0 Å². The van der Waals surface area contributed by atoms with Gasteiger partial charge in [0.2, 0.25) is 5.91 Å². The van der Waals surface area contributed by atoms with Crippen molar-refractivity contribution in [1.29, 1.82) is 0 Å². The van der Waals surface area contributed by atoms with Crippen molar-refractivity contribution in [2.75, 3.05) is 5.75 Å². The Bertz CT molecular complexity index is 703. The number of halogens is 1. The number of benzene rings is 1. The summed E-state index contributed by atoms with van der Waals surface area (Å²) in [5.41, 5.74) is 0. The zero-order valence-electron chi connectivity index (χ0n) is 12.7. The normalized spacial score (nSPS) is 13.8. The van der Waals surface area contributed by atoms with Crippen molar-refractivity contribution in [2.45, 2.75) is 30.6 Å². The largest absolute Gasteiger partial charge is 0.484 e. The van der Waals surface area contributed by atoms with E-state index in [1.807, 2.05) is 23.7 Å². The maximum Gasteiger partial charge on any atom is 0.230 e. The third kappa shape index (κ3) is 4.39. The molecule has 1 saturated carbocycles. The van der Waals surface area contributed by atoms with Gasteiger partial charge in [0.05, 0.1) is 10.8 Å². The minimum Gasteiger partial charge on any atom is -0.484 e. The topological polar surface area (TPSA) is 69.0 Å². The van der Waals surface area contributed by atoms with Crippen LogP contribution in [0.4, 0.5) is 0 Å². The second-order valence-corrected chi connectivity index (χ2v) is 6.66. The van der Waals surface area contributed by atoms with Crippen LogP contribution in [0.15, 0.2) is 29.4 Å². The van der Waals surface area contributed by atoms with Crippen molar-refractivity contribution < 1.29 is 9.53 Å². The van der Waals surface area contributed by atoms with E-state index in [1.54, 1.807) is 12.1 Å². The number of aromatic nitrogens is 3. The molecule has 122 valence electrons.